The van der Waals surface area contributed by atoms with E-state index in [4.69, 9.17) is 16.7 Å². The standard InChI is InChI=1S/C13H11ClN2O4S/c14-11-5-6-15-7-12(11)16-21(19,20)8-9-1-3-10(4-2-9)13(17)18/h1-7,16H,8H2,(H,17,18). The van der Waals surface area contributed by atoms with Crippen LogP contribution >= 0.6 is 11.6 Å². The summed E-state index contributed by atoms with van der Waals surface area (Å²) in [7, 11) is -3.67. The molecule has 0 radical (unpaired) electrons. The minimum absolute atomic E-state index is 0.0967. The zero-order valence-corrected chi connectivity index (χ0v) is 12.2. The number of hydrogen-bond acceptors (Lipinski definition) is 4. The summed E-state index contributed by atoms with van der Waals surface area (Å²) in [6.07, 6.45) is 2.76. The topological polar surface area (TPSA) is 96.4 Å². The zero-order chi connectivity index (χ0) is 15.5. The molecule has 0 aliphatic rings. The lowest BCUT2D eigenvalue weighted by molar-refractivity contribution is 0.0697. The van der Waals surface area contributed by atoms with E-state index < -0.39 is 16.0 Å². The van der Waals surface area contributed by atoms with Gasteiger partial charge >= 0.3 is 5.97 Å². The fraction of sp³-hybridized carbons (Fsp3) is 0.0769. The van der Waals surface area contributed by atoms with Crippen LogP contribution in [0, 0.1) is 0 Å². The van der Waals surface area contributed by atoms with Crippen molar-refractivity contribution >= 4 is 33.3 Å². The average Bonchev–Trinajstić information content (AvgIpc) is 2.41. The lowest BCUT2D eigenvalue weighted by Crippen LogP contribution is -2.15. The third kappa shape index (κ3) is 4.17. The van der Waals surface area contributed by atoms with Gasteiger partial charge in [-0.3, -0.25) is 9.71 Å². The van der Waals surface area contributed by atoms with Crippen LogP contribution in [0.15, 0.2) is 42.7 Å². The molecule has 1 heterocycles. The monoisotopic (exact) mass is 326 g/mol. The summed E-state index contributed by atoms with van der Waals surface area (Å²) in [5.74, 6) is -1.36. The molecule has 6 nitrogen and oxygen atoms in total. The largest absolute Gasteiger partial charge is 0.478 e. The van der Waals surface area contributed by atoms with Crippen LogP contribution in [0.2, 0.25) is 5.02 Å². The van der Waals surface area contributed by atoms with E-state index in [2.05, 4.69) is 9.71 Å². The highest BCUT2D eigenvalue weighted by atomic mass is 35.5. The average molecular weight is 327 g/mol. The number of carboxylic acids is 1. The van der Waals surface area contributed by atoms with Crippen LogP contribution in [-0.4, -0.2) is 24.5 Å². The number of sulfonamides is 1. The molecule has 2 aromatic rings. The van der Waals surface area contributed by atoms with Gasteiger partial charge in [-0.15, -0.1) is 0 Å². The lowest BCUT2D eigenvalue weighted by Gasteiger charge is -2.09. The van der Waals surface area contributed by atoms with Gasteiger partial charge in [0, 0.05) is 6.20 Å². The summed E-state index contributed by atoms with van der Waals surface area (Å²) < 4.78 is 26.4. The maximum Gasteiger partial charge on any atom is 0.335 e. The van der Waals surface area contributed by atoms with Gasteiger partial charge in [0.2, 0.25) is 10.0 Å². The van der Waals surface area contributed by atoms with Crippen molar-refractivity contribution in [3.63, 3.8) is 0 Å². The third-order valence-electron chi connectivity index (χ3n) is 2.59. The van der Waals surface area contributed by atoms with E-state index in [1.54, 1.807) is 0 Å². The fourth-order valence-corrected chi connectivity index (χ4v) is 3.03. The first kappa shape index (κ1) is 15.3. The van der Waals surface area contributed by atoms with E-state index in [1.807, 2.05) is 0 Å². The first-order valence-corrected chi connectivity index (χ1v) is 7.83. The van der Waals surface area contributed by atoms with E-state index >= 15 is 0 Å². The van der Waals surface area contributed by atoms with E-state index in [0.717, 1.165) is 0 Å². The molecule has 2 N–H and O–H groups in total. The van der Waals surface area contributed by atoms with E-state index in [-0.39, 0.29) is 22.0 Å². The summed E-state index contributed by atoms with van der Waals surface area (Å²) in [6.45, 7) is 0. The van der Waals surface area contributed by atoms with Crippen molar-refractivity contribution in [1.29, 1.82) is 0 Å². The van der Waals surface area contributed by atoms with Crippen LogP contribution in [-0.2, 0) is 15.8 Å². The molecule has 0 unspecified atom stereocenters. The van der Waals surface area contributed by atoms with Crippen LogP contribution in [0.3, 0.4) is 0 Å². The number of aromatic carboxylic acids is 1. The van der Waals surface area contributed by atoms with Crippen molar-refractivity contribution in [2.24, 2.45) is 0 Å². The molecule has 1 aromatic carbocycles. The number of carbonyl (C=O) groups is 1. The van der Waals surface area contributed by atoms with Gasteiger partial charge in [0.05, 0.1) is 28.2 Å². The summed E-state index contributed by atoms with van der Waals surface area (Å²) in [5.41, 5.74) is 0.758. The van der Waals surface area contributed by atoms with Crippen LogP contribution in [0.4, 0.5) is 5.69 Å². The molecular weight excluding hydrogens is 316 g/mol. The van der Waals surface area contributed by atoms with E-state index in [9.17, 15) is 13.2 Å². The predicted octanol–water partition coefficient (Wildman–Crippen LogP) is 2.38. The molecule has 21 heavy (non-hydrogen) atoms. The molecule has 1 aromatic heterocycles. The SMILES string of the molecule is O=C(O)c1ccc(CS(=O)(=O)Nc2cnccc2Cl)cc1. The molecule has 0 atom stereocenters. The number of pyridine rings is 1. The highest BCUT2D eigenvalue weighted by molar-refractivity contribution is 7.91. The highest BCUT2D eigenvalue weighted by Gasteiger charge is 2.14. The van der Waals surface area contributed by atoms with Gasteiger partial charge in [0.15, 0.2) is 0 Å². The Morgan fingerprint density at radius 2 is 1.90 bits per heavy atom. The van der Waals surface area contributed by atoms with Crippen LogP contribution in [0.5, 0.6) is 0 Å². The number of nitrogens with one attached hydrogen (secondary N) is 1. The number of carboxylic acid groups (broad SMARTS) is 1. The molecule has 0 bridgehead atoms. The van der Waals surface area contributed by atoms with Gasteiger partial charge in [-0.2, -0.15) is 0 Å². The molecule has 0 saturated carbocycles. The molecule has 0 aliphatic carbocycles. The number of halogens is 1. The second-order valence-corrected chi connectivity index (χ2v) is 6.35. The van der Waals surface area contributed by atoms with Gasteiger partial charge < -0.3 is 5.11 Å². The maximum absolute atomic E-state index is 12.0. The number of rotatable bonds is 5. The van der Waals surface area contributed by atoms with E-state index in [1.165, 1.54) is 42.7 Å². The number of nitrogens with zero attached hydrogens (tertiary/aromatic N) is 1. The minimum Gasteiger partial charge on any atom is -0.478 e. The number of hydrogen-bond donors (Lipinski definition) is 2. The number of anilines is 1. The Hall–Kier alpha value is -2.12. The van der Waals surface area contributed by atoms with Crippen molar-refractivity contribution in [1.82, 2.24) is 4.98 Å². The van der Waals surface area contributed by atoms with Gasteiger partial charge in [0.1, 0.15) is 0 Å². The first-order valence-electron chi connectivity index (χ1n) is 5.79. The van der Waals surface area contributed by atoms with Crippen molar-refractivity contribution < 1.29 is 18.3 Å². The Labute approximate surface area is 126 Å². The van der Waals surface area contributed by atoms with Crippen molar-refractivity contribution in [3.05, 3.63) is 58.9 Å². The normalized spacial score (nSPS) is 11.1. The van der Waals surface area contributed by atoms with Crippen LogP contribution in [0.1, 0.15) is 15.9 Å². The molecule has 0 amide bonds. The van der Waals surface area contributed by atoms with Gasteiger partial charge in [-0.1, -0.05) is 23.7 Å². The quantitative estimate of drug-likeness (QED) is 0.879. The lowest BCUT2D eigenvalue weighted by atomic mass is 10.1. The zero-order valence-electron chi connectivity index (χ0n) is 10.7. The van der Waals surface area contributed by atoms with Gasteiger partial charge in [0.25, 0.3) is 0 Å². The number of aromatic nitrogens is 1. The Morgan fingerprint density at radius 3 is 2.48 bits per heavy atom. The molecule has 0 spiro atoms. The second kappa shape index (κ2) is 6.11. The summed E-state index contributed by atoms with van der Waals surface area (Å²) in [4.78, 5) is 14.5. The minimum atomic E-state index is -3.67. The molecule has 2 rings (SSSR count). The van der Waals surface area contributed by atoms with Crippen LogP contribution < -0.4 is 4.72 Å². The summed E-state index contributed by atoms with van der Waals surface area (Å²) >= 11 is 5.86. The predicted molar refractivity (Wildman–Crippen MR) is 78.9 cm³/mol. The second-order valence-electron chi connectivity index (χ2n) is 4.22. The first-order chi connectivity index (χ1) is 9.87. The Morgan fingerprint density at radius 1 is 1.24 bits per heavy atom. The van der Waals surface area contributed by atoms with Gasteiger partial charge in [-0.25, -0.2) is 13.2 Å². The third-order valence-corrected chi connectivity index (χ3v) is 4.16. The number of benzene rings is 1. The van der Waals surface area contributed by atoms with Crippen molar-refractivity contribution in [2.45, 2.75) is 5.75 Å². The fourth-order valence-electron chi connectivity index (χ4n) is 1.62. The molecule has 8 heteroatoms. The summed E-state index contributed by atoms with van der Waals surface area (Å²) in [5, 5.41) is 9.03. The smallest absolute Gasteiger partial charge is 0.335 e. The Kier molecular flexibility index (Phi) is 4.44. The summed E-state index contributed by atoms with van der Waals surface area (Å²) in [6, 6.07) is 7.08. The highest BCUT2D eigenvalue weighted by Crippen LogP contribution is 2.21. The molecule has 110 valence electrons. The molecule has 0 saturated heterocycles. The van der Waals surface area contributed by atoms with Gasteiger partial charge in [-0.05, 0) is 23.8 Å². The molecule has 0 aliphatic heterocycles. The Balaban J connectivity index is 2.14. The van der Waals surface area contributed by atoms with Crippen molar-refractivity contribution in [2.75, 3.05) is 4.72 Å². The van der Waals surface area contributed by atoms with Crippen molar-refractivity contribution in [3.8, 4) is 0 Å². The molecular formula is C13H11ClN2O4S. The van der Waals surface area contributed by atoms with E-state index in [0.29, 0.717) is 5.56 Å². The Bertz CT molecular complexity index is 760. The maximum atomic E-state index is 12.0. The van der Waals surface area contributed by atoms with Crippen LogP contribution in [0.25, 0.3) is 0 Å². The molecule has 0 fully saturated rings.